The number of anilines is 1. The van der Waals surface area contributed by atoms with Gasteiger partial charge in [0.15, 0.2) is 11.2 Å². The van der Waals surface area contributed by atoms with Gasteiger partial charge in [0.2, 0.25) is 5.95 Å². The minimum absolute atomic E-state index is 0.0255. The summed E-state index contributed by atoms with van der Waals surface area (Å²) in [6, 6.07) is 15.1. The SMILES string of the molecule is Cn1c(CCc2cccc(C(F)(F)F)c2)nc2nc(N3CCCC(N)C3)n(Cc3ccccc3)c2c1=O. The highest BCUT2D eigenvalue weighted by molar-refractivity contribution is 5.74. The normalized spacial score (nSPS) is 16.5. The molecule has 0 radical (unpaired) electrons. The largest absolute Gasteiger partial charge is 0.416 e. The van der Waals surface area contributed by atoms with E-state index in [1.807, 2.05) is 34.9 Å². The molecular weight excluding hydrogens is 481 g/mol. The zero-order valence-corrected chi connectivity index (χ0v) is 20.6. The Labute approximate surface area is 212 Å². The van der Waals surface area contributed by atoms with Gasteiger partial charge in [0.05, 0.1) is 12.1 Å². The number of rotatable bonds is 6. The van der Waals surface area contributed by atoms with E-state index in [0.29, 0.717) is 54.4 Å². The van der Waals surface area contributed by atoms with Crippen molar-refractivity contribution in [3.63, 3.8) is 0 Å². The Bertz CT molecular complexity index is 1460. The number of aromatic nitrogens is 4. The average molecular weight is 511 g/mol. The van der Waals surface area contributed by atoms with Gasteiger partial charge in [0.1, 0.15) is 5.82 Å². The molecule has 1 saturated heterocycles. The maximum absolute atomic E-state index is 13.6. The lowest BCUT2D eigenvalue weighted by Gasteiger charge is -2.31. The Morgan fingerprint density at radius 2 is 1.78 bits per heavy atom. The van der Waals surface area contributed by atoms with E-state index < -0.39 is 11.7 Å². The molecule has 1 atom stereocenters. The minimum atomic E-state index is -4.40. The lowest BCUT2D eigenvalue weighted by atomic mass is 10.1. The zero-order chi connectivity index (χ0) is 26.2. The first-order chi connectivity index (χ1) is 17.7. The molecule has 37 heavy (non-hydrogen) atoms. The fourth-order valence-electron chi connectivity index (χ4n) is 4.92. The number of fused-ring (bicyclic) bond motifs is 1. The smallest absolute Gasteiger partial charge is 0.341 e. The Morgan fingerprint density at radius 3 is 2.51 bits per heavy atom. The molecule has 10 heteroatoms. The summed E-state index contributed by atoms with van der Waals surface area (Å²) >= 11 is 0. The molecule has 2 aromatic carbocycles. The molecule has 194 valence electrons. The van der Waals surface area contributed by atoms with Crippen molar-refractivity contribution in [2.75, 3.05) is 18.0 Å². The lowest BCUT2D eigenvalue weighted by Crippen LogP contribution is -2.44. The third-order valence-corrected chi connectivity index (χ3v) is 6.87. The molecule has 2 aromatic heterocycles. The summed E-state index contributed by atoms with van der Waals surface area (Å²) < 4.78 is 42.7. The molecule has 1 aliphatic heterocycles. The summed E-state index contributed by atoms with van der Waals surface area (Å²) in [5.41, 5.74) is 7.62. The van der Waals surface area contributed by atoms with Crippen LogP contribution in [0.4, 0.5) is 19.1 Å². The van der Waals surface area contributed by atoms with Crippen molar-refractivity contribution < 1.29 is 13.2 Å². The molecule has 0 saturated carbocycles. The van der Waals surface area contributed by atoms with Gasteiger partial charge in [-0.3, -0.25) is 13.9 Å². The standard InChI is InChI=1S/C27H29F3N6O/c1-34-22(13-12-18-9-5-10-20(15-18)27(28,29)30)32-24-23(25(34)37)36(16-19-7-3-2-4-8-19)26(33-24)35-14-6-11-21(31)17-35/h2-5,7-10,15,21H,6,11-14,16-17,31H2,1H3. The number of benzene rings is 2. The monoisotopic (exact) mass is 510 g/mol. The quantitative estimate of drug-likeness (QED) is 0.425. The maximum atomic E-state index is 13.6. The van der Waals surface area contributed by atoms with Crippen molar-refractivity contribution in [1.82, 2.24) is 19.1 Å². The molecule has 3 heterocycles. The molecule has 0 amide bonds. The van der Waals surface area contributed by atoms with E-state index in [0.717, 1.165) is 37.1 Å². The van der Waals surface area contributed by atoms with E-state index in [-0.39, 0.29) is 11.6 Å². The summed E-state index contributed by atoms with van der Waals surface area (Å²) in [7, 11) is 1.65. The second-order valence-electron chi connectivity index (χ2n) is 9.59. The van der Waals surface area contributed by atoms with Gasteiger partial charge in [-0.25, -0.2) is 4.98 Å². The van der Waals surface area contributed by atoms with Crippen LogP contribution in [-0.4, -0.2) is 38.2 Å². The topological polar surface area (TPSA) is 82.0 Å². The Balaban J connectivity index is 1.53. The van der Waals surface area contributed by atoms with E-state index in [1.165, 1.54) is 10.6 Å². The molecule has 7 nitrogen and oxygen atoms in total. The van der Waals surface area contributed by atoms with Gasteiger partial charge in [-0.2, -0.15) is 18.2 Å². The van der Waals surface area contributed by atoms with Gasteiger partial charge < -0.3 is 10.6 Å². The summed E-state index contributed by atoms with van der Waals surface area (Å²) in [6.45, 7) is 1.88. The highest BCUT2D eigenvalue weighted by atomic mass is 19.4. The van der Waals surface area contributed by atoms with E-state index in [1.54, 1.807) is 13.1 Å². The van der Waals surface area contributed by atoms with Crippen LogP contribution in [0.25, 0.3) is 11.2 Å². The van der Waals surface area contributed by atoms with Crippen LogP contribution in [0.1, 0.15) is 35.4 Å². The third-order valence-electron chi connectivity index (χ3n) is 6.87. The Morgan fingerprint density at radius 1 is 1.03 bits per heavy atom. The summed E-state index contributed by atoms with van der Waals surface area (Å²) in [4.78, 5) is 25.2. The summed E-state index contributed by atoms with van der Waals surface area (Å²) in [6.07, 6.45) is -1.91. The Kier molecular flexibility index (Phi) is 6.76. The number of imidazole rings is 1. The van der Waals surface area contributed by atoms with Crippen LogP contribution in [0, 0.1) is 0 Å². The first-order valence-electron chi connectivity index (χ1n) is 12.4. The van der Waals surface area contributed by atoms with Crippen molar-refractivity contribution in [3.05, 3.63) is 87.5 Å². The van der Waals surface area contributed by atoms with Crippen molar-refractivity contribution in [3.8, 4) is 0 Å². The van der Waals surface area contributed by atoms with Crippen LogP contribution in [0.5, 0.6) is 0 Å². The maximum Gasteiger partial charge on any atom is 0.416 e. The van der Waals surface area contributed by atoms with Crippen LogP contribution < -0.4 is 16.2 Å². The van der Waals surface area contributed by atoms with Gasteiger partial charge in [0.25, 0.3) is 5.56 Å². The second kappa shape index (κ2) is 10.0. The van der Waals surface area contributed by atoms with Crippen molar-refractivity contribution in [2.24, 2.45) is 12.8 Å². The molecule has 4 aromatic rings. The second-order valence-corrected chi connectivity index (χ2v) is 9.59. The van der Waals surface area contributed by atoms with Gasteiger partial charge in [-0.15, -0.1) is 0 Å². The van der Waals surface area contributed by atoms with Crippen molar-refractivity contribution >= 4 is 17.1 Å². The third kappa shape index (κ3) is 5.24. The highest BCUT2D eigenvalue weighted by Crippen LogP contribution is 2.30. The van der Waals surface area contributed by atoms with Crippen LogP contribution in [0.3, 0.4) is 0 Å². The predicted octanol–water partition coefficient (Wildman–Crippen LogP) is 3.91. The van der Waals surface area contributed by atoms with Gasteiger partial charge >= 0.3 is 6.18 Å². The molecular formula is C27H29F3N6O. The molecule has 2 N–H and O–H groups in total. The fourth-order valence-corrected chi connectivity index (χ4v) is 4.92. The number of nitrogens with zero attached hydrogens (tertiary/aromatic N) is 5. The van der Waals surface area contributed by atoms with E-state index in [2.05, 4.69) is 4.90 Å². The number of piperidine rings is 1. The summed E-state index contributed by atoms with van der Waals surface area (Å²) in [5, 5.41) is 0. The minimum Gasteiger partial charge on any atom is -0.341 e. The van der Waals surface area contributed by atoms with Gasteiger partial charge in [0, 0.05) is 32.6 Å². The lowest BCUT2D eigenvalue weighted by molar-refractivity contribution is -0.137. The van der Waals surface area contributed by atoms with Crippen LogP contribution in [0.15, 0.2) is 59.4 Å². The van der Waals surface area contributed by atoms with E-state index >= 15 is 0 Å². The number of nitrogens with two attached hydrogens (primary N) is 1. The molecule has 0 bridgehead atoms. The van der Waals surface area contributed by atoms with Crippen LogP contribution in [-0.2, 0) is 32.6 Å². The van der Waals surface area contributed by atoms with Gasteiger partial charge in [-0.05, 0) is 36.5 Å². The Hall–Kier alpha value is -3.66. The number of hydrogen-bond donors (Lipinski definition) is 1. The molecule has 5 rings (SSSR count). The number of hydrogen-bond acceptors (Lipinski definition) is 5. The van der Waals surface area contributed by atoms with Crippen molar-refractivity contribution in [2.45, 2.75) is 44.4 Å². The molecule has 0 spiro atoms. The summed E-state index contributed by atoms with van der Waals surface area (Å²) in [5.74, 6) is 1.13. The zero-order valence-electron chi connectivity index (χ0n) is 20.6. The van der Waals surface area contributed by atoms with E-state index in [4.69, 9.17) is 15.7 Å². The molecule has 1 fully saturated rings. The molecule has 0 aliphatic carbocycles. The molecule has 1 aliphatic rings. The predicted molar refractivity (Wildman–Crippen MR) is 137 cm³/mol. The first-order valence-corrected chi connectivity index (χ1v) is 12.4. The van der Waals surface area contributed by atoms with Crippen LogP contribution in [0.2, 0.25) is 0 Å². The highest BCUT2D eigenvalue weighted by Gasteiger charge is 2.30. The first kappa shape index (κ1) is 25.0. The van der Waals surface area contributed by atoms with Crippen LogP contribution >= 0.6 is 0 Å². The van der Waals surface area contributed by atoms with Crippen molar-refractivity contribution in [1.29, 1.82) is 0 Å². The number of halogens is 3. The van der Waals surface area contributed by atoms with E-state index in [9.17, 15) is 18.0 Å². The van der Waals surface area contributed by atoms with Gasteiger partial charge in [-0.1, -0.05) is 48.5 Å². The average Bonchev–Trinajstić information content (AvgIpc) is 3.23. The number of aryl methyl sites for hydroxylation is 2. The molecule has 1 unspecified atom stereocenters. The number of alkyl halides is 3. The fraction of sp³-hybridized carbons (Fsp3) is 0.370.